The minimum absolute atomic E-state index is 0. The summed E-state index contributed by atoms with van der Waals surface area (Å²) in [6.07, 6.45) is -1.19. The van der Waals surface area contributed by atoms with E-state index in [2.05, 4.69) is 21.2 Å². The van der Waals surface area contributed by atoms with Crippen molar-refractivity contribution < 1.29 is 13.2 Å². The number of alkyl halides is 3. The Morgan fingerprint density at radius 1 is 1.19 bits per heavy atom. The van der Waals surface area contributed by atoms with Crippen LogP contribution in [0.5, 0.6) is 0 Å². The highest BCUT2D eigenvalue weighted by Crippen LogP contribution is 2.34. The molecule has 0 heterocycles. The van der Waals surface area contributed by atoms with Gasteiger partial charge < -0.3 is 5.73 Å². The van der Waals surface area contributed by atoms with Gasteiger partial charge in [0.15, 0.2) is 0 Å². The molecule has 1 aliphatic rings. The second-order valence-corrected chi connectivity index (χ2v) is 6.23. The predicted molar refractivity (Wildman–Crippen MR) is 83.6 cm³/mol. The van der Waals surface area contributed by atoms with Gasteiger partial charge in [0.1, 0.15) is 6.04 Å². The highest BCUT2D eigenvalue weighted by Gasteiger charge is 2.42. The molecule has 1 saturated carbocycles. The maximum atomic E-state index is 13.3. The van der Waals surface area contributed by atoms with Crippen molar-refractivity contribution in [1.82, 2.24) is 5.32 Å². The van der Waals surface area contributed by atoms with E-state index in [-0.39, 0.29) is 30.1 Å². The predicted octanol–water partition coefficient (Wildman–Crippen LogP) is 4.33. The van der Waals surface area contributed by atoms with Crippen LogP contribution in [0.25, 0.3) is 0 Å². The van der Waals surface area contributed by atoms with Gasteiger partial charge in [-0.15, -0.1) is 12.4 Å². The number of nitrogens with one attached hydrogen (secondary N) is 1. The molecule has 0 spiro atoms. The molecule has 0 amide bonds. The molecule has 120 valence electrons. The third-order valence-electron chi connectivity index (χ3n) is 3.65. The normalized spacial score (nSPS) is 24.2. The molecule has 0 saturated heterocycles. The van der Waals surface area contributed by atoms with Crippen LogP contribution in [0.1, 0.15) is 37.3 Å². The molecule has 21 heavy (non-hydrogen) atoms. The van der Waals surface area contributed by atoms with Crippen molar-refractivity contribution in [3.8, 4) is 0 Å². The topological polar surface area (TPSA) is 38.0 Å². The first-order valence-corrected chi connectivity index (χ1v) is 7.49. The third kappa shape index (κ3) is 5.43. The van der Waals surface area contributed by atoms with Crippen molar-refractivity contribution in [2.45, 2.75) is 50.0 Å². The number of nitrogens with two attached hydrogens (primary N) is 1. The molecule has 0 bridgehead atoms. The van der Waals surface area contributed by atoms with Crippen molar-refractivity contribution in [2.24, 2.45) is 5.73 Å². The van der Waals surface area contributed by atoms with Gasteiger partial charge in [-0.25, -0.2) is 0 Å². The molecule has 0 aromatic heterocycles. The smallest absolute Gasteiger partial charge is 0.328 e. The highest BCUT2D eigenvalue weighted by molar-refractivity contribution is 9.10. The van der Waals surface area contributed by atoms with E-state index in [4.69, 9.17) is 5.73 Å². The Bertz CT molecular complexity index is 439. The Hall–Kier alpha value is -0.300. The fraction of sp³-hybridized carbons (Fsp3) is 0.571. The molecule has 2 rings (SSSR count). The van der Waals surface area contributed by atoms with Crippen LogP contribution in [0.15, 0.2) is 28.7 Å². The largest absolute Gasteiger partial charge is 0.407 e. The second-order valence-electron chi connectivity index (χ2n) is 5.32. The van der Waals surface area contributed by atoms with Crippen molar-refractivity contribution in [2.75, 3.05) is 0 Å². The Balaban J connectivity index is 0.00000220. The summed E-state index contributed by atoms with van der Waals surface area (Å²) in [5.74, 6) is 0. The van der Waals surface area contributed by atoms with E-state index in [0.717, 1.165) is 23.7 Å². The standard InChI is InChI=1S/C14H18BrF3N2.ClH/c15-10-6-4-9(5-7-10)13(14(16,17)18)20-12-3-1-2-11(19)8-12;/h4-7,11-13,20H,1-3,8,19H2;1H/t11-,12+,13-;/m1./s1. The van der Waals surface area contributed by atoms with E-state index in [1.54, 1.807) is 12.1 Å². The molecule has 3 atom stereocenters. The maximum absolute atomic E-state index is 13.3. The first-order valence-electron chi connectivity index (χ1n) is 6.70. The van der Waals surface area contributed by atoms with Crippen LogP contribution >= 0.6 is 28.3 Å². The molecule has 1 aromatic carbocycles. The molecule has 0 unspecified atom stereocenters. The van der Waals surface area contributed by atoms with E-state index in [9.17, 15) is 13.2 Å². The number of benzene rings is 1. The molecule has 0 radical (unpaired) electrons. The summed E-state index contributed by atoms with van der Waals surface area (Å²) in [4.78, 5) is 0. The number of hydrogen-bond donors (Lipinski definition) is 2. The molecular weight excluding hydrogens is 369 g/mol. The lowest BCUT2D eigenvalue weighted by Gasteiger charge is -2.32. The monoisotopic (exact) mass is 386 g/mol. The lowest BCUT2D eigenvalue weighted by atomic mass is 9.90. The molecule has 0 aliphatic heterocycles. The van der Waals surface area contributed by atoms with Gasteiger partial charge in [0.2, 0.25) is 0 Å². The van der Waals surface area contributed by atoms with E-state index in [1.165, 1.54) is 12.1 Å². The van der Waals surface area contributed by atoms with Crippen molar-refractivity contribution in [1.29, 1.82) is 0 Å². The summed E-state index contributed by atoms with van der Waals surface area (Å²) in [6, 6.07) is 4.45. The first kappa shape index (κ1) is 18.7. The first-order chi connectivity index (χ1) is 9.36. The SMILES string of the molecule is Cl.N[C@@H]1CCC[C@H](N[C@H](c2ccc(Br)cc2)C(F)(F)F)C1. The zero-order valence-electron chi connectivity index (χ0n) is 11.4. The van der Waals surface area contributed by atoms with Gasteiger partial charge in [0.25, 0.3) is 0 Å². The van der Waals surface area contributed by atoms with Gasteiger partial charge in [-0.1, -0.05) is 34.5 Å². The minimum atomic E-state index is -4.31. The van der Waals surface area contributed by atoms with Crippen LogP contribution < -0.4 is 11.1 Å². The summed E-state index contributed by atoms with van der Waals surface area (Å²) >= 11 is 3.23. The zero-order valence-corrected chi connectivity index (χ0v) is 13.8. The third-order valence-corrected chi connectivity index (χ3v) is 4.18. The van der Waals surface area contributed by atoms with E-state index in [0.29, 0.717) is 6.42 Å². The zero-order chi connectivity index (χ0) is 14.8. The lowest BCUT2D eigenvalue weighted by Crippen LogP contribution is -2.45. The highest BCUT2D eigenvalue weighted by atomic mass is 79.9. The summed E-state index contributed by atoms with van der Waals surface area (Å²) in [6.45, 7) is 0. The van der Waals surface area contributed by atoms with Gasteiger partial charge in [0, 0.05) is 16.6 Å². The van der Waals surface area contributed by atoms with Crippen LogP contribution in [0, 0.1) is 0 Å². The summed E-state index contributed by atoms with van der Waals surface area (Å²) in [7, 11) is 0. The lowest BCUT2D eigenvalue weighted by molar-refractivity contribution is -0.160. The minimum Gasteiger partial charge on any atom is -0.328 e. The Kier molecular flexibility index (Phi) is 6.97. The van der Waals surface area contributed by atoms with Crippen molar-refractivity contribution >= 4 is 28.3 Å². The number of halogens is 5. The van der Waals surface area contributed by atoms with Crippen LogP contribution in [-0.2, 0) is 0 Å². The van der Waals surface area contributed by atoms with Gasteiger partial charge in [0.05, 0.1) is 0 Å². The van der Waals surface area contributed by atoms with Gasteiger partial charge >= 0.3 is 6.18 Å². The molecule has 1 aromatic rings. The molecule has 1 fully saturated rings. The van der Waals surface area contributed by atoms with E-state index < -0.39 is 12.2 Å². The molecule has 2 nitrogen and oxygen atoms in total. The summed E-state index contributed by atoms with van der Waals surface area (Å²) in [5.41, 5.74) is 6.08. The summed E-state index contributed by atoms with van der Waals surface area (Å²) < 4.78 is 40.5. The van der Waals surface area contributed by atoms with Gasteiger partial charge in [-0.05, 0) is 37.0 Å². The van der Waals surface area contributed by atoms with E-state index >= 15 is 0 Å². The summed E-state index contributed by atoms with van der Waals surface area (Å²) in [5, 5.41) is 2.74. The van der Waals surface area contributed by atoms with Crippen molar-refractivity contribution in [3.63, 3.8) is 0 Å². The average Bonchev–Trinajstić information content (AvgIpc) is 2.36. The van der Waals surface area contributed by atoms with Crippen LogP contribution in [0.2, 0.25) is 0 Å². The molecule has 3 N–H and O–H groups in total. The molecule has 1 aliphatic carbocycles. The van der Waals surface area contributed by atoms with Crippen molar-refractivity contribution in [3.05, 3.63) is 34.3 Å². The number of hydrogen-bond acceptors (Lipinski definition) is 2. The van der Waals surface area contributed by atoms with E-state index in [1.807, 2.05) is 0 Å². The average molecular weight is 388 g/mol. The number of rotatable bonds is 3. The van der Waals surface area contributed by atoms with Gasteiger partial charge in [-0.3, -0.25) is 5.32 Å². The quantitative estimate of drug-likeness (QED) is 0.810. The fourth-order valence-corrected chi connectivity index (χ4v) is 2.91. The van der Waals surface area contributed by atoms with Crippen LogP contribution in [0.4, 0.5) is 13.2 Å². The Morgan fingerprint density at radius 2 is 1.81 bits per heavy atom. The van der Waals surface area contributed by atoms with Gasteiger partial charge in [-0.2, -0.15) is 13.2 Å². The second kappa shape index (κ2) is 7.81. The fourth-order valence-electron chi connectivity index (χ4n) is 2.65. The Morgan fingerprint density at radius 3 is 2.33 bits per heavy atom. The Labute approximate surface area is 137 Å². The van der Waals surface area contributed by atoms with Crippen LogP contribution in [-0.4, -0.2) is 18.3 Å². The molecule has 7 heteroatoms. The van der Waals surface area contributed by atoms with Crippen LogP contribution in [0.3, 0.4) is 0 Å². The molecular formula is C14H19BrClF3N2. The maximum Gasteiger partial charge on any atom is 0.407 e.